The molecule has 0 N–H and O–H groups in total. The molecule has 0 unspecified atom stereocenters. The Kier molecular flexibility index (Phi) is 5.60. The van der Waals surface area contributed by atoms with E-state index in [0.29, 0.717) is 49.7 Å². The highest BCUT2D eigenvalue weighted by Crippen LogP contribution is 2.34. The molecule has 150 valence electrons. The largest absolute Gasteiger partial charge is 0.356 e. The standard InChI is InChI=1S/C20H19ClFN5O2/c21-18-10-19(25-12-24-18)26-4-1-14(2-5-26)20(28)27-17(3-6-29-27)15-7-13(11-23)8-16(22)9-15/h7-10,12,14,17H,1-6H2/t17-/m0/s1. The molecule has 2 fully saturated rings. The number of hydrogen-bond donors (Lipinski definition) is 0. The molecule has 0 bridgehead atoms. The first-order valence-corrected chi connectivity index (χ1v) is 9.82. The maximum Gasteiger partial charge on any atom is 0.249 e. The minimum Gasteiger partial charge on any atom is -0.356 e. The van der Waals surface area contributed by atoms with E-state index in [-0.39, 0.29) is 23.4 Å². The van der Waals surface area contributed by atoms with Crippen molar-refractivity contribution < 1.29 is 14.0 Å². The minimum absolute atomic E-state index is 0.101. The molecule has 0 aliphatic carbocycles. The fourth-order valence-corrected chi connectivity index (χ4v) is 4.03. The van der Waals surface area contributed by atoms with Gasteiger partial charge in [0.2, 0.25) is 5.91 Å². The van der Waals surface area contributed by atoms with Crippen molar-refractivity contribution in [3.8, 4) is 6.07 Å². The number of carbonyl (C=O) groups is 1. The highest BCUT2D eigenvalue weighted by Gasteiger charge is 2.37. The average molecular weight is 416 g/mol. The van der Waals surface area contributed by atoms with Gasteiger partial charge in [-0.25, -0.2) is 19.4 Å². The first-order valence-electron chi connectivity index (χ1n) is 9.44. The maximum absolute atomic E-state index is 13.9. The summed E-state index contributed by atoms with van der Waals surface area (Å²) in [5.74, 6) is -0.0334. The van der Waals surface area contributed by atoms with Crippen molar-refractivity contribution >= 4 is 23.3 Å². The van der Waals surface area contributed by atoms with Crippen molar-refractivity contribution in [1.82, 2.24) is 15.0 Å². The van der Waals surface area contributed by atoms with Crippen LogP contribution in [0.25, 0.3) is 0 Å². The van der Waals surface area contributed by atoms with Crippen LogP contribution in [0.15, 0.2) is 30.6 Å². The van der Waals surface area contributed by atoms with E-state index in [1.807, 2.05) is 6.07 Å². The Morgan fingerprint density at radius 1 is 1.21 bits per heavy atom. The van der Waals surface area contributed by atoms with Crippen LogP contribution in [0.2, 0.25) is 5.15 Å². The molecule has 1 amide bonds. The van der Waals surface area contributed by atoms with Gasteiger partial charge in [0.1, 0.15) is 23.1 Å². The minimum atomic E-state index is -0.491. The van der Waals surface area contributed by atoms with Crippen molar-refractivity contribution in [2.45, 2.75) is 25.3 Å². The fourth-order valence-electron chi connectivity index (χ4n) is 3.89. The van der Waals surface area contributed by atoms with Gasteiger partial charge in [0.25, 0.3) is 0 Å². The summed E-state index contributed by atoms with van der Waals surface area (Å²) in [5.41, 5.74) is 0.816. The predicted molar refractivity (Wildman–Crippen MR) is 103 cm³/mol. The SMILES string of the molecule is N#Cc1cc(F)cc([C@@H]2CCON2C(=O)C2CCN(c3cc(Cl)ncn3)CC2)c1. The number of nitrogens with zero attached hydrogens (tertiary/aromatic N) is 5. The van der Waals surface area contributed by atoms with Gasteiger partial charge in [-0.3, -0.25) is 9.63 Å². The van der Waals surface area contributed by atoms with Gasteiger partial charge >= 0.3 is 0 Å². The smallest absolute Gasteiger partial charge is 0.249 e. The van der Waals surface area contributed by atoms with Gasteiger partial charge in [-0.15, -0.1) is 0 Å². The molecule has 1 aromatic heterocycles. The highest BCUT2D eigenvalue weighted by molar-refractivity contribution is 6.29. The lowest BCUT2D eigenvalue weighted by Crippen LogP contribution is -2.42. The Morgan fingerprint density at radius 2 is 2.00 bits per heavy atom. The number of aromatic nitrogens is 2. The molecular weight excluding hydrogens is 397 g/mol. The second-order valence-corrected chi connectivity index (χ2v) is 7.53. The molecule has 0 saturated carbocycles. The monoisotopic (exact) mass is 415 g/mol. The summed E-state index contributed by atoms with van der Waals surface area (Å²) in [6, 6.07) is 7.44. The van der Waals surface area contributed by atoms with Crippen LogP contribution in [0.1, 0.15) is 36.4 Å². The molecular formula is C20H19ClFN5O2. The molecule has 0 radical (unpaired) electrons. The normalized spacial score (nSPS) is 20.0. The van der Waals surface area contributed by atoms with Crippen LogP contribution in [-0.4, -0.2) is 40.6 Å². The lowest BCUT2D eigenvalue weighted by atomic mass is 9.94. The molecule has 0 spiro atoms. The third kappa shape index (κ3) is 4.16. The Bertz CT molecular complexity index is 958. The van der Waals surface area contributed by atoms with Crippen LogP contribution in [0.3, 0.4) is 0 Å². The third-order valence-electron chi connectivity index (χ3n) is 5.34. The fraction of sp³-hybridized carbons (Fsp3) is 0.400. The maximum atomic E-state index is 13.9. The number of piperidine rings is 1. The van der Waals surface area contributed by atoms with Crippen molar-refractivity contribution in [1.29, 1.82) is 5.26 Å². The Balaban J connectivity index is 1.44. The Hall–Kier alpha value is -2.76. The summed E-state index contributed by atoms with van der Waals surface area (Å²) in [6.45, 7) is 1.72. The average Bonchev–Trinajstić information content (AvgIpc) is 3.23. The van der Waals surface area contributed by atoms with Crippen molar-refractivity contribution in [3.63, 3.8) is 0 Å². The highest BCUT2D eigenvalue weighted by atomic mass is 35.5. The van der Waals surface area contributed by atoms with Gasteiger partial charge in [0, 0.05) is 31.5 Å². The van der Waals surface area contributed by atoms with E-state index in [9.17, 15) is 9.18 Å². The molecule has 7 nitrogen and oxygen atoms in total. The lowest BCUT2D eigenvalue weighted by Gasteiger charge is -2.34. The number of halogens is 2. The molecule has 4 rings (SSSR count). The van der Waals surface area contributed by atoms with E-state index in [2.05, 4.69) is 14.9 Å². The quantitative estimate of drug-likeness (QED) is 0.715. The van der Waals surface area contributed by atoms with E-state index in [0.717, 1.165) is 5.82 Å². The zero-order chi connectivity index (χ0) is 20.4. The molecule has 1 atom stereocenters. The van der Waals surface area contributed by atoms with Gasteiger partial charge < -0.3 is 4.90 Å². The van der Waals surface area contributed by atoms with E-state index >= 15 is 0 Å². The zero-order valence-corrected chi connectivity index (χ0v) is 16.3. The van der Waals surface area contributed by atoms with Gasteiger partial charge in [-0.1, -0.05) is 11.6 Å². The van der Waals surface area contributed by atoms with Crippen molar-refractivity contribution in [2.24, 2.45) is 5.92 Å². The molecule has 2 saturated heterocycles. The van der Waals surface area contributed by atoms with Crippen LogP contribution >= 0.6 is 11.6 Å². The number of anilines is 1. The summed E-state index contributed by atoms with van der Waals surface area (Å²) in [5, 5.41) is 10.8. The van der Waals surface area contributed by atoms with E-state index in [4.69, 9.17) is 21.7 Å². The zero-order valence-electron chi connectivity index (χ0n) is 15.6. The van der Waals surface area contributed by atoms with Crippen LogP contribution < -0.4 is 4.90 Å². The predicted octanol–water partition coefficient (Wildman–Crippen LogP) is 3.26. The van der Waals surface area contributed by atoms with Gasteiger partial charge in [0.05, 0.1) is 24.3 Å². The Labute approximate surface area is 172 Å². The summed E-state index contributed by atoms with van der Waals surface area (Å²) in [4.78, 5) is 28.9. The molecule has 1 aromatic carbocycles. The molecule has 2 aliphatic heterocycles. The number of rotatable bonds is 3. The molecule has 3 heterocycles. The molecule has 2 aromatic rings. The van der Waals surface area contributed by atoms with Crippen LogP contribution in [0.5, 0.6) is 0 Å². The van der Waals surface area contributed by atoms with Crippen LogP contribution in [-0.2, 0) is 9.63 Å². The van der Waals surface area contributed by atoms with Crippen molar-refractivity contribution in [2.75, 3.05) is 24.6 Å². The summed E-state index contributed by atoms with van der Waals surface area (Å²) in [6.07, 6.45) is 3.30. The van der Waals surface area contributed by atoms with E-state index in [1.54, 1.807) is 12.1 Å². The first kappa shape index (κ1) is 19.6. The second-order valence-electron chi connectivity index (χ2n) is 7.15. The summed E-state index contributed by atoms with van der Waals surface area (Å²) < 4.78 is 13.9. The molecule has 9 heteroatoms. The van der Waals surface area contributed by atoms with Crippen LogP contribution in [0.4, 0.5) is 10.2 Å². The summed E-state index contributed by atoms with van der Waals surface area (Å²) in [7, 11) is 0. The van der Waals surface area contributed by atoms with Crippen LogP contribution in [0, 0.1) is 23.1 Å². The van der Waals surface area contributed by atoms with E-state index < -0.39 is 5.82 Å². The number of nitriles is 1. The number of hydroxylamine groups is 2. The number of carbonyl (C=O) groups excluding carboxylic acids is 1. The summed E-state index contributed by atoms with van der Waals surface area (Å²) >= 11 is 5.93. The lowest BCUT2D eigenvalue weighted by molar-refractivity contribution is -0.182. The second kappa shape index (κ2) is 8.31. The number of benzene rings is 1. The van der Waals surface area contributed by atoms with Crippen molar-refractivity contribution in [3.05, 3.63) is 52.7 Å². The molecule has 29 heavy (non-hydrogen) atoms. The Morgan fingerprint density at radius 3 is 2.72 bits per heavy atom. The molecule has 2 aliphatic rings. The van der Waals surface area contributed by atoms with Gasteiger partial charge in [-0.05, 0) is 36.6 Å². The third-order valence-corrected chi connectivity index (χ3v) is 5.55. The first-order chi connectivity index (χ1) is 14.0. The topological polar surface area (TPSA) is 82.4 Å². The van der Waals surface area contributed by atoms with Gasteiger partial charge in [0.15, 0.2) is 0 Å². The number of amides is 1. The number of hydrogen-bond acceptors (Lipinski definition) is 6. The van der Waals surface area contributed by atoms with E-state index in [1.165, 1.54) is 23.5 Å². The van der Waals surface area contributed by atoms with Gasteiger partial charge in [-0.2, -0.15) is 5.26 Å².